The zero-order valence-corrected chi connectivity index (χ0v) is 10.8. The molecule has 18 heavy (non-hydrogen) atoms. The molecular formula is C14H18N4. The molecule has 0 aliphatic heterocycles. The van der Waals surface area contributed by atoms with Crippen LogP contribution in [-0.4, -0.2) is 15.0 Å². The Kier molecular flexibility index (Phi) is 2.48. The van der Waals surface area contributed by atoms with Gasteiger partial charge in [0.1, 0.15) is 5.69 Å². The number of nitrogens with two attached hydrogens (primary N) is 1. The lowest BCUT2D eigenvalue weighted by Gasteiger charge is -2.13. The Morgan fingerprint density at radius 3 is 2.72 bits per heavy atom. The minimum Gasteiger partial charge on any atom is -0.320 e. The maximum atomic E-state index is 6.02. The molecule has 1 heterocycles. The molecule has 0 radical (unpaired) electrons. The second-order valence-corrected chi connectivity index (χ2v) is 5.58. The quantitative estimate of drug-likeness (QED) is 0.875. The number of aryl methyl sites for hydroxylation is 2. The van der Waals surface area contributed by atoms with Crippen LogP contribution in [-0.2, 0) is 18.4 Å². The van der Waals surface area contributed by atoms with E-state index in [1.54, 1.807) is 0 Å². The monoisotopic (exact) mass is 242 g/mol. The number of nitrogens with zero attached hydrogens (tertiary/aromatic N) is 3. The van der Waals surface area contributed by atoms with Crippen LogP contribution in [0.25, 0.3) is 5.69 Å². The Morgan fingerprint density at radius 2 is 2.00 bits per heavy atom. The molecule has 0 saturated heterocycles. The molecule has 0 unspecified atom stereocenters. The molecule has 0 spiro atoms. The third-order valence-electron chi connectivity index (χ3n) is 3.50. The molecule has 0 atom stereocenters. The molecule has 1 aromatic carbocycles. The van der Waals surface area contributed by atoms with E-state index in [2.05, 4.69) is 28.5 Å². The lowest BCUT2D eigenvalue weighted by molar-refractivity contribution is 0.533. The first kappa shape index (κ1) is 11.4. The highest BCUT2D eigenvalue weighted by atomic mass is 15.4. The summed E-state index contributed by atoms with van der Waals surface area (Å²) in [6.45, 7) is 3.87. The number of aromatic nitrogens is 3. The van der Waals surface area contributed by atoms with Crippen LogP contribution < -0.4 is 5.73 Å². The average molecular weight is 242 g/mol. The normalized spacial score (nSPS) is 14.8. The van der Waals surface area contributed by atoms with Crippen LogP contribution in [0.2, 0.25) is 0 Å². The van der Waals surface area contributed by atoms with Gasteiger partial charge in [-0.1, -0.05) is 11.3 Å². The van der Waals surface area contributed by atoms with Crippen LogP contribution in [0.15, 0.2) is 24.4 Å². The van der Waals surface area contributed by atoms with Crippen LogP contribution >= 0.6 is 0 Å². The van der Waals surface area contributed by atoms with Crippen LogP contribution in [0.4, 0.5) is 0 Å². The van der Waals surface area contributed by atoms with Crippen molar-refractivity contribution in [3.63, 3.8) is 0 Å². The number of fused-ring (bicyclic) bond motifs is 1. The van der Waals surface area contributed by atoms with E-state index in [0.717, 1.165) is 11.4 Å². The molecule has 2 aromatic rings. The van der Waals surface area contributed by atoms with Gasteiger partial charge in [0.25, 0.3) is 0 Å². The van der Waals surface area contributed by atoms with Gasteiger partial charge in [0.05, 0.1) is 17.4 Å². The van der Waals surface area contributed by atoms with E-state index in [0.29, 0.717) is 0 Å². The second kappa shape index (κ2) is 3.92. The summed E-state index contributed by atoms with van der Waals surface area (Å²) in [6, 6.07) is 6.52. The Hall–Kier alpha value is -1.68. The maximum Gasteiger partial charge on any atom is 0.102 e. The van der Waals surface area contributed by atoms with E-state index in [4.69, 9.17) is 5.73 Å². The molecular weight excluding hydrogens is 224 g/mol. The molecule has 1 aliphatic rings. The van der Waals surface area contributed by atoms with Gasteiger partial charge >= 0.3 is 0 Å². The van der Waals surface area contributed by atoms with Crippen molar-refractivity contribution in [3.05, 3.63) is 41.2 Å². The highest BCUT2D eigenvalue weighted by Gasteiger charge is 2.19. The molecule has 1 aliphatic carbocycles. The minimum atomic E-state index is -0.449. The third-order valence-corrected chi connectivity index (χ3v) is 3.50. The fourth-order valence-electron chi connectivity index (χ4n) is 2.39. The van der Waals surface area contributed by atoms with Crippen molar-refractivity contribution in [1.82, 2.24) is 15.0 Å². The fraction of sp³-hybridized carbons (Fsp3) is 0.429. The fourth-order valence-corrected chi connectivity index (χ4v) is 2.39. The van der Waals surface area contributed by atoms with Crippen molar-refractivity contribution in [1.29, 1.82) is 0 Å². The smallest absolute Gasteiger partial charge is 0.102 e. The molecule has 3 rings (SSSR count). The van der Waals surface area contributed by atoms with Gasteiger partial charge in [-0.15, -0.1) is 5.10 Å². The van der Waals surface area contributed by atoms with Gasteiger partial charge in [-0.25, -0.2) is 4.68 Å². The Bertz CT molecular complexity index is 578. The van der Waals surface area contributed by atoms with E-state index in [1.165, 1.54) is 30.4 Å². The summed E-state index contributed by atoms with van der Waals surface area (Å²) in [7, 11) is 0. The van der Waals surface area contributed by atoms with Crippen LogP contribution in [0, 0.1) is 0 Å². The highest BCUT2D eigenvalue weighted by molar-refractivity contribution is 5.42. The van der Waals surface area contributed by atoms with Crippen molar-refractivity contribution in [2.45, 2.75) is 38.6 Å². The van der Waals surface area contributed by atoms with Gasteiger partial charge in [-0.3, -0.25) is 0 Å². The molecule has 0 fully saturated rings. The van der Waals surface area contributed by atoms with E-state index < -0.39 is 5.54 Å². The molecule has 94 valence electrons. The molecule has 0 saturated carbocycles. The van der Waals surface area contributed by atoms with Gasteiger partial charge in [0.15, 0.2) is 0 Å². The molecule has 2 N–H and O–H groups in total. The van der Waals surface area contributed by atoms with Gasteiger partial charge in [0, 0.05) is 0 Å². The van der Waals surface area contributed by atoms with Gasteiger partial charge in [-0.05, 0) is 56.4 Å². The molecule has 1 aromatic heterocycles. The minimum absolute atomic E-state index is 0.449. The number of hydrogen-bond acceptors (Lipinski definition) is 3. The zero-order chi connectivity index (χ0) is 12.8. The Morgan fingerprint density at radius 1 is 1.22 bits per heavy atom. The Balaban J connectivity index is 1.98. The first-order chi connectivity index (χ1) is 8.54. The topological polar surface area (TPSA) is 56.7 Å². The van der Waals surface area contributed by atoms with E-state index in [1.807, 2.05) is 24.7 Å². The summed E-state index contributed by atoms with van der Waals surface area (Å²) in [5.74, 6) is 0. The van der Waals surface area contributed by atoms with Crippen molar-refractivity contribution in [2.24, 2.45) is 5.73 Å². The van der Waals surface area contributed by atoms with E-state index >= 15 is 0 Å². The van der Waals surface area contributed by atoms with Crippen LogP contribution in [0.5, 0.6) is 0 Å². The summed E-state index contributed by atoms with van der Waals surface area (Å²) < 4.78 is 1.81. The summed E-state index contributed by atoms with van der Waals surface area (Å²) in [4.78, 5) is 0. The maximum absolute atomic E-state index is 6.02. The van der Waals surface area contributed by atoms with Gasteiger partial charge in [-0.2, -0.15) is 0 Å². The summed E-state index contributed by atoms with van der Waals surface area (Å²) in [5.41, 5.74) is 10.4. The Labute approximate surface area is 107 Å². The standard InChI is InChI=1S/C14H18N4/c1-14(2,15)13-9-18(17-16-13)12-7-6-10-4-3-5-11(10)8-12/h6-9H,3-5,15H2,1-2H3. The van der Waals surface area contributed by atoms with Crippen molar-refractivity contribution in [3.8, 4) is 5.69 Å². The molecule has 0 amide bonds. The summed E-state index contributed by atoms with van der Waals surface area (Å²) >= 11 is 0. The lowest BCUT2D eigenvalue weighted by Crippen LogP contribution is -2.29. The van der Waals surface area contributed by atoms with Crippen molar-refractivity contribution in [2.75, 3.05) is 0 Å². The van der Waals surface area contributed by atoms with E-state index in [9.17, 15) is 0 Å². The van der Waals surface area contributed by atoms with Gasteiger partial charge in [0.2, 0.25) is 0 Å². The highest BCUT2D eigenvalue weighted by Crippen LogP contribution is 2.24. The predicted molar refractivity (Wildman–Crippen MR) is 70.6 cm³/mol. The molecule has 4 nitrogen and oxygen atoms in total. The van der Waals surface area contributed by atoms with Crippen molar-refractivity contribution >= 4 is 0 Å². The molecule has 0 bridgehead atoms. The zero-order valence-electron chi connectivity index (χ0n) is 10.8. The third kappa shape index (κ3) is 1.93. The van der Waals surface area contributed by atoms with Crippen molar-refractivity contribution < 1.29 is 0 Å². The predicted octanol–water partition coefficient (Wildman–Crippen LogP) is 1.95. The summed E-state index contributed by atoms with van der Waals surface area (Å²) in [5, 5.41) is 8.31. The second-order valence-electron chi connectivity index (χ2n) is 5.58. The van der Waals surface area contributed by atoms with Crippen LogP contribution in [0.3, 0.4) is 0 Å². The lowest BCUT2D eigenvalue weighted by atomic mass is 10.0. The summed E-state index contributed by atoms with van der Waals surface area (Å²) in [6.07, 6.45) is 5.55. The number of benzene rings is 1. The number of hydrogen-bond donors (Lipinski definition) is 1. The first-order valence-corrected chi connectivity index (χ1v) is 6.38. The SMILES string of the molecule is CC(C)(N)c1cn(-c2ccc3c(c2)CCC3)nn1. The number of rotatable bonds is 2. The van der Waals surface area contributed by atoms with E-state index in [-0.39, 0.29) is 0 Å². The average Bonchev–Trinajstić information content (AvgIpc) is 2.96. The van der Waals surface area contributed by atoms with Gasteiger partial charge < -0.3 is 5.73 Å². The largest absolute Gasteiger partial charge is 0.320 e. The first-order valence-electron chi connectivity index (χ1n) is 6.38. The molecule has 4 heteroatoms. The van der Waals surface area contributed by atoms with Crippen LogP contribution in [0.1, 0.15) is 37.1 Å².